The third kappa shape index (κ3) is 3.63. The molecule has 0 N–H and O–H groups in total. The molecule has 3 heteroatoms. The molecule has 1 aromatic heterocycles. The molecule has 1 aliphatic rings. The summed E-state index contributed by atoms with van der Waals surface area (Å²) in [6.45, 7) is 5.55. The van der Waals surface area contributed by atoms with Crippen molar-refractivity contribution in [1.29, 1.82) is 0 Å². The zero-order valence-corrected chi connectivity index (χ0v) is 15.9. The van der Waals surface area contributed by atoms with Crippen LogP contribution >= 0.6 is 0 Å². The third-order valence-electron chi connectivity index (χ3n) is 5.27. The quantitative estimate of drug-likeness (QED) is 0.664. The Balaban J connectivity index is 1.54. The van der Waals surface area contributed by atoms with Crippen LogP contribution in [0.1, 0.15) is 50.7 Å². The van der Waals surface area contributed by atoms with E-state index in [1.165, 1.54) is 22.3 Å². The van der Waals surface area contributed by atoms with Gasteiger partial charge in [-0.2, -0.15) is 0 Å². The van der Waals surface area contributed by atoms with E-state index in [0.717, 1.165) is 29.5 Å². The lowest BCUT2D eigenvalue weighted by Gasteiger charge is -2.16. The van der Waals surface area contributed by atoms with Crippen molar-refractivity contribution in [3.8, 4) is 0 Å². The first-order valence-electron chi connectivity index (χ1n) is 9.52. The maximum Gasteiger partial charge on any atom is 0.255 e. The summed E-state index contributed by atoms with van der Waals surface area (Å²) >= 11 is 0. The maximum absolute atomic E-state index is 12.9. The topological polar surface area (TPSA) is 33.2 Å². The molecule has 2 heterocycles. The fourth-order valence-corrected chi connectivity index (χ4v) is 3.88. The largest absolute Gasteiger partial charge is 0.330 e. The predicted octanol–water partition coefficient (Wildman–Crippen LogP) is 4.70. The van der Waals surface area contributed by atoms with Crippen LogP contribution in [0.2, 0.25) is 0 Å². The van der Waals surface area contributed by atoms with Gasteiger partial charge in [0.2, 0.25) is 0 Å². The van der Waals surface area contributed by atoms with Crippen molar-refractivity contribution in [2.75, 3.05) is 0 Å². The molecule has 27 heavy (non-hydrogen) atoms. The first-order valence-corrected chi connectivity index (χ1v) is 9.52. The van der Waals surface area contributed by atoms with Crippen LogP contribution in [0.3, 0.4) is 0 Å². The van der Waals surface area contributed by atoms with E-state index in [1.807, 2.05) is 24.1 Å². The minimum Gasteiger partial charge on any atom is -0.330 e. The Morgan fingerprint density at radius 3 is 2.48 bits per heavy atom. The maximum atomic E-state index is 12.9. The first-order chi connectivity index (χ1) is 13.1. The number of pyridine rings is 1. The minimum atomic E-state index is 0.148. The smallest absolute Gasteiger partial charge is 0.255 e. The van der Waals surface area contributed by atoms with E-state index in [9.17, 15) is 4.79 Å². The van der Waals surface area contributed by atoms with Gasteiger partial charge < -0.3 is 4.90 Å². The Morgan fingerprint density at radius 1 is 1.00 bits per heavy atom. The number of carbonyl (C=O) groups is 1. The van der Waals surface area contributed by atoms with E-state index in [-0.39, 0.29) is 5.91 Å². The van der Waals surface area contributed by atoms with E-state index in [1.54, 1.807) is 6.20 Å². The van der Waals surface area contributed by atoms with Crippen LogP contribution in [0.15, 0.2) is 60.9 Å². The molecule has 4 rings (SSSR count). The molecule has 0 bridgehead atoms. The number of nitrogens with zero attached hydrogens (tertiary/aromatic N) is 2. The van der Waals surface area contributed by atoms with Gasteiger partial charge in [-0.25, -0.2) is 0 Å². The van der Waals surface area contributed by atoms with Crippen molar-refractivity contribution in [2.45, 2.75) is 39.8 Å². The van der Waals surface area contributed by atoms with Crippen molar-refractivity contribution >= 4 is 5.91 Å². The van der Waals surface area contributed by atoms with Crippen LogP contribution in [0.5, 0.6) is 0 Å². The van der Waals surface area contributed by atoms with Gasteiger partial charge in [0.05, 0.1) is 0 Å². The Morgan fingerprint density at radius 2 is 1.78 bits per heavy atom. The van der Waals surface area contributed by atoms with Gasteiger partial charge in [0.25, 0.3) is 5.91 Å². The SMILES string of the molecule is CCc1ccc(CN2Cc3cc(Cc4cccnc4)cc(C)c3C2=O)cc1. The lowest BCUT2D eigenvalue weighted by atomic mass is 9.97. The number of fused-ring (bicyclic) bond motifs is 1. The Bertz CT molecular complexity index is 962. The van der Waals surface area contributed by atoms with Crippen LogP contribution in [0.4, 0.5) is 0 Å². The summed E-state index contributed by atoms with van der Waals surface area (Å²) in [5, 5.41) is 0. The number of aryl methyl sites for hydroxylation is 2. The summed E-state index contributed by atoms with van der Waals surface area (Å²) in [5.41, 5.74) is 8.03. The van der Waals surface area contributed by atoms with Gasteiger partial charge in [-0.15, -0.1) is 0 Å². The molecule has 0 fully saturated rings. The number of amides is 1. The minimum absolute atomic E-state index is 0.148. The standard InChI is InChI=1S/C24H24N2O/c1-3-18-6-8-19(9-7-18)15-26-16-22-13-21(11-17(2)23(22)24(26)27)12-20-5-4-10-25-14-20/h4-11,13-14H,3,12,15-16H2,1-2H3. The molecule has 2 aromatic carbocycles. The fourth-order valence-electron chi connectivity index (χ4n) is 3.88. The number of hydrogen-bond acceptors (Lipinski definition) is 2. The number of aromatic nitrogens is 1. The van der Waals surface area contributed by atoms with Crippen molar-refractivity contribution in [3.05, 3.63) is 99.9 Å². The summed E-state index contributed by atoms with van der Waals surface area (Å²) in [6.07, 6.45) is 5.57. The average Bonchev–Trinajstić information content (AvgIpc) is 2.99. The second kappa shape index (κ2) is 7.36. The molecule has 0 aliphatic carbocycles. The summed E-state index contributed by atoms with van der Waals surface area (Å²) in [6, 6.07) is 17.0. The first kappa shape index (κ1) is 17.5. The fraction of sp³-hybridized carbons (Fsp3) is 0.250. The molecule has 3 aromatic rings. The van der Waals surface area contributed by atoms with Crippen LogP contribution in [-0.4, -0.2) is 15.8 Å². The highest BCUT2D eigenvalue weighted by molar-refractivity contribution is 5.99. The van der Waals surface area contributed by atoms with E-state index < -0.39 is 0 Å². The summed E-state index contributed by atoms with van der Waals surface area (Å²) < 4.78 is 0. The monoisotopic (exact) mass is 356 g/mol. The van der Waals surface area contributed by atoms with Gasteiger partial charge in [0.1, 0.15) is 0 Å². The van der Waals surface area contributed by atoms with E-state index in [2.05, 4.69) is 54.4 Å². The Labute approximate surface area is 160 Å². The lowest BCUT2D eigenvalue weighted by Crippen LogP contribution is -2.23. The molecule has 0 saturated carbocycles. The zero-order valence-electron chi connectivity index (χ0n) is 15.9. The Kier molecular flexibility index (Phi) is 4.76. The number of rotatable bonds is 5. The highest BCUT2D eigenvalue weighted by Gasteiger charge is 2.29. The molecule has 1 amide bonds. The molecular formula is C24H24N2O. The molecule has 0 radical (unpaired) electrons. The normalized spacial score (nSPS) is 13.1. The molecule has 0 unspecified atom stereocenters. The third-order valence-corrected chi connectivity index (χ3v) is 5.27. The van der Waals surface area contributed by atoms with Crippen molar-refractivity contribution < 1.29 is 4.79 Å². The molecule has 3 nitrogen and oxygen atoms in total. The zero-order chi connectivity index (χ0) is 18.8. The second-order valence-electron chi connectivity index (χ2n) is 7.32. The van der Waals surface area contributed by atoms with Gasteiger partial charge in [-0.05, 0) is 59.2 Å². The van der Waals surface area contributed by atoms with Crippen LogP contribution in [0.25, 0.3) is 0 Å². The van der Waals surface area contributed by atoms with Crippen molar-refractivity contribution in [3.63, 3.8) is 0 Å². The molecule has 0 atom stereocenters. The Hall–Kier alpha value is -2.94. The van der Waals surface area contributed by atoms with Gasteiger partial charge in [-0.3, -0.25) is 9.78 Å². The van der Waals surface area contributed by atoms with Gasteiger partial charge in [-0.1, -0.05) is 49.4 Å². The summed E-state index contributed by atoms with van der Waals surface area (Å²) in [7, 11) is 0. The van der Waals surface area contributed by atoms with Crippen LogP contribution in [-0.2, 0) is 25.9 Å². The number of benzene rings is 2. The summed E-state index contributed by atoms with van der Waals surface area (Å²) in [5.74, 6) is 0.148. The highest BCUT2D eigenvalue weighted by Crippen LogP contribution is 2.29. The van der Waals surface area contributed by atoms with Gasteiger partial charge in [0.15, 0.2) is 0 Å². The van der Waals surface area contributed by atoms with E-state index >= 15 is 0 Å². The molecule has 136 valence electrons. The predicted molar refractivity (Wildman–Crippen MR) is 108 cm³/mol. The van der Waals surface area contributed by atoms with E-state index in [4.69, 9.17) is 0 Å². The van der Waals surface area contributed by atoms with Gasteiger partial charge in [0, 0.05) is 31.0 Å². The molecule has 0 spiro atoms. The van der Waals surface area contributed by atoms with Crippen LogP contribution in [0, 0.1) is 6.92 Å². The highest BCUT2D eigenvalue weighted by atomic mass is 16.2. The second-order valence-corrected chi connectivity index (χ2v) is 7.32. The average molecular weight is 356 g/mol. The summed E-state index contributed by atoms with van der Waals surface area (Å²) in [4.78, 5) is 19.1. The molecular weight excluding hydrogens is 332 g/mol. The van der Waals surface area contributed by atoms with Crippen molar-refractivity contribution in [2.24, 2.45) is 0 Å². The number of carbonyl (C=O) groups excluding carboxylic acids is 1. The molecule has 1 aliphatic heterocycles. The van der Waals surface area contributed by atoms with Gasteiger partial charge >= 0.3 is 0 Å². The molecule has 0 saturated heterocycles. The lowest BCUT2D eigenvalue weighted by molar-refractivity contribution is 0.0766. The number of hydrogen-bond donors (Lipinski definition) is 0. The van der Waals surface area contributed by atoms with Crippen molar-refractivity contribution in [1.82, 2.24) is 9.88 Å². The van der Waals surface area contributed by atoms with E-state index in [0.29, 0.717) is 13.1 Å². The van der Waals surface area contributed by atoms with Crippen LogP contribution < -0.4 is 0 Å².